The maximum atomic E-state index is 11.9. The number of benzene rings is 2. The van der Waals surface area contributed by atoms with Crippen LogP contribution in [0.1, 0.15) is 27.2 Å². The molecule has 0 spiro atoms. The first-order chi connectivity index (χ1) is 13.1. The van der Waals surface area contributed by atoms with Gasteiger partial charge in [0.25, 0.3) is 0 Å². The largest absolute Gasteiger partial charge is 0.340 e. The van der Waals surface area contributed by atoms with Crippen molar-refractivity contribution in [3.05, 3.63) is 88.5 Å². The lowest BCUT2D eigenvalue weighted by atomic mass is 10.00. The molecule has 27 heavy (non-hydrogen) atoms. The minimum absolute atomic E-state index is 0.632. The zero-order valence-corrected chi connectivity index (χ0v) is 16.0. The van der Waals surface area contributed by atoms with Gasteiger partial charge >= 0.3 is 0 Å². The smallest absolute Gasteiger partial charge is 0.167 e. The lowest BCUT2D eigenvalue weighted by Crippen LogP contribution is -2.04. The van der Waals surface area contributed by atoms with Gasteiger partial charge in [0.05, 0.1) is 5.69 Å². The number of pyridine rings is 1. The Labute approximate surface area is 163 Å². The normalized spacial score (nSPS) is 11.1. The Kier molecular flexibility index (Phi) is 4.54. The van der Waals surface area contributed by atoms with E-state index < -0.39 is 0 Å². The third kappa shape index (κ3) is 3.26. The molecule has 0 saturated heterocycles. The third-order valence-electron chi connectivity index (χ3n) is 4.98. The number of fused-ring (bicyclic) bond motifs is 1. The Balaban J connectivity index is 1.84. The fourth-order valence-electron chi connectivity index (χ4n) is 3.63. The summed E-state index contributed by atoms with van der Waals surface area (Å²) in [5.41, 5.74) is 6.22. The van der Waals surface area contributed by atoms with E-state index in [0.717, 1.165) is 49.9 Å². The number of carbonyl (C=O) groups excluding carboxylic acids is 1. The van der Waals surface area contributed by atoms with E-state index in [2.05, 4.69) is 23.3 Å². The van der Waals surface area contributed by atoms with Crippen molar-refractivity contribution < 1.29 is 4.79 Å². The van der Waals surface area contributed by atoms with Gasteiger partial charge in [0.15, 0.2) is 6.29 Å². The number of hydrogen-bond acceptors (Lipinski definition) is 2. The maximum Gasteiger partial charge on any atom is 0.167 e. The Bertz CT molecular complexity index is 1150. The average Bonchev–Trinajstić information content (AvgIpc) is 3.02. The van der Waals surface area contributed by atoms with Crippen molar-refractivity contribution in [1.82, 2.24) is 9.55 Å². The van der Waals surface area contributed by atoms with E-state index in [4.69, 9.17) is 11.6 Å². The zero-order valence-electron chi connectivity index (χ0n) is 15.2. The molecule has 0 unspecified atom stereocenters. The first kappa shape index (κ1) is 17.5. The van der Waals surface area contributed by atoms with Crippen LogP contribution in [0, 0.1) is 13.8 Å². The van der Waals surface area contributed by atoms with Gasteiger partial charge in [-0.05, 0) is 60.4 Å². The molecular formula is C23H19ClN2O. The highest BCUT2D eigenvalue weighted by atomic mass is 35.5. The van der Waals surface area contributed by atoms with Crippen molar-refractivity contribution in [3.8, 4) is 11.1 Å². The minimum atomic E-state index is 0.632. The van der Waals surface area contributed by atoms with E-state index in [0.29, 0.717) is 12.2 Å². The van der Waals surface area contributed by atoms with Crippen LogP contribution in [0.2, 0.25) is 5.02 Å². The number of rotatable bonds is 4. The molecule has 2 aromatic heterocycles. The van der Waals surface area contributed by atoms with Crippen LogP contribution in [-0.4, -0.2) is 15.8 Å². The van der Waals surface area contributed by atoms with E-state index in [-0.39, 0.29) is 0 Å². The second kappa shape index (κ2) is 7.01. The number of aryl methyl sites for hydroxylation is 2. The monoisotopic (exact) mass is 374 g/mol. The van der Waals surface area contributed by atoms with Gasteiger partial charge in [-0.2, -0.15) is 0 Å². The molecule has 4 rings (SSSR count). The van der Waals surface area contributed by atoms with E-state index in [1.165, 1.54) is 0 Å². The van der Waals surface area contributed by atoms with Crippen LogP contribution in [0.3, 0.4) is 0 Å². The van der Waals surface area contributed by atoms with Gasteiger partial charge in [-0.25, -0.2) is 0 Å². The van der Waals surface area contributed by atoms with E-state index >= 15 is 0 Å². The summed E-state index contributed by atoms with van der Waals surface area (Å²) in [5, 5.41) is 2.79. The molecule has 0 aliphatic rings. The number of aromatic nitrogens is 2. The first-order valence-electron chi connectivity index (χ1n) is 8.81. The summed E-state index contributed by atoms with van der Waals surface area (Å²) in [6, 6.07) is 14.1. The zero-order chi connectivity index (χ0) is 19.0. The molecule has 0 bridgehead atoms. The molecule has 134 valence electrons. The van der Waals surface area contributed by atoms with Crippen LogP contribution in [-0.2, 0) is 6.54 Å². The molecule has 4 heteroatoms. The third-order valence-corrected chi connectivity index (χ3v) is 5.21. The number of carbonyl (C=O) groups is 1. The van der Waals surface area contributed by atoms with Crippen molar-refractivity contribution in [2.24, 2.45) is 0 Å². The van der Waals surface area contributed by atoms with Gasteiger partial charge in [-0.3, -0.25) is 9.78 Å². The van der Waals surface area contributed by atoms with E-state index in [9.17, 15) is 4.79 Å². The van der Waals surface area contributed by atoms with Crippen molar-refractivity contribution in [2.45, 2.75) is 20.4 Å². The molecule has 0 saturated carbocycles. The summed E-state index contributed by atoms with van der Waals surface area (Å²) in [4.78, 5) is 16.1. The van der Waals surface area contributed by atoms with Crippen LogP contribution >= 0.6 is 11.6 Å². The summed E-state index contributed by atoms with van der Waals surface area (Å²) in [5.74, 6) is 0. The first-order valence-corrected chi connectivity index (χ1v) is 9.18. The summed E-state index contributed by atoms with van der Waals surface area (Å²) in [7, 11) is 0. The molecule has 4 aromatic rings. The van der Waals surface area contributed by atoms with E-state index in [1.807, 2.05) is 54.9 Å². The molecule has 2 aromatic carbocycles. The van der Waals surface area contributed by atoms with Crippen LogP contribution in [0.4, 0.5) is 0 Å². The molecule has 0 radical (unpaired) electrons. The Morgan fingerprint density at radius 3 is 2.63 bits per heavy atom. The summed E-state index contributed by atoms with van der Waals surface area (Å²) in [6.07, 6.45) is 6.63. The van der Waals surface area contributed by atoms with Gasteiger partial charge < -0.3 is 4.57 Å². The molecule has 3 nitrogen and oxygen atoms in total. The average molecular weight is 375 g/mol. The fraction of sp³-hybridized carbons (Fsp3) is 0.130. The molecule has 0 fully saturated rings. The van der Waals surface area contributed by atoms with Crippen molar-refractivity contribution >= 4 is 28.7 Å². The minimum Gasteiger partial charge on any atom is -0.340 e. The highest BCUT2D eigenvalue weighted by Crippen LogP contribution is 2.31. The van der Waals surface area contributed by atoms with Crippen LogP contribution in [0.25, 0.3) is 21.9 Å². The molecule has 0 N–H and O–H groups in total. The van der Waals surface area contributed by atoms with Gasteiger partial charge in [0, 0.05) is 46.5 Å². The highest BCUT2D eigenvalue weighted by Gasteiger charge is 2.14. The number of halogens is 1. The molecule has 0 aliphatic heterocycles. The van der Waals surface area contributed by atoms with Crippen molar-refractivity contribution in [3.63, 3.8) is 0 Å². The molecule has 0 amide bonds. The number of aldehydes is 1. The van der Waals surface area contributed by atoms with E-state index in [1.54, 1.807) is 6.20 Å². The standard InChI is InChI=1S/C23H19ClN2O/c1-15-9-21(24)6-5-18(15)12-26-13-20-10-19(17-4-3-7-25-11-17)8-16(2)23(20)22(26)14-27/h3-11,13-14H,12H2,1-2H3. The Morgan fingerprint density at radius 2 is 1.93 bits per heavy atom. The topological polar surface area (TPSA) is 34.9 Å². The van der Waals surface area contributed by atoms with Crippen LogP contribution < -0.4 is 0 Å². The summed E-state index contributed by atoms with van der Waals surface area (Å²) >= 11 is 6.07. The molecular weight excluding hydrogens is 356 g/mol. The van der Waals surface area contributed by atoms with Gasteiger partial charge in [0.1, 0.15) is 0 Å². The Morgan fingerprint density at radius 1 is 1.07 bits per heavy atom. The highest BCUT2D eigenvalue weighted by molar-refractivity contribution is 6.30. The molecule has 0 atom stereocenters. The predicted molar refractivity (Wildman–Crippen MR) is 111 cm³/mol. The SMILES string of the molecule is Cc1cc(Cl)ccc1Cn1cc2cc(-c3cccnc3)cc(C)c2c1C=O. The second-order valence-corrected chi connectivity index (χ2v) is 7.27. The van der Waals surface area contributed by atoms with Gasteiger partial charge in [-0.15, -0.1) is 0 Å². The Hall–Kier alpha value is -2.91. The quantitative estimate of drug-likeness (QED) is 0.421. The maximum absolute atomic E-state index is 11.9. The molecule has 2 heterocycles. The second-order valence-electron chi connectivity index (χ2n) is 6.83. The van der Waals surface area contributed by atoms with Crippen molar-refractivity contribution in [1.29, 1.82) is 0 Å². The number of hydrogen-bond donors (Lipinski definition) is 0. The number of nitrogens with zero attached hydrogens (tertiary/aromatic N) is 2. The van der Waals surface area contributed by atoms with Gasteiger partial charge in [-0.1, -0.05) is 29.8 Å². The molecule has 0 aliphatic carbocycles. The van der Waals surface area contributed by atoms with Crippen LogP contribution in [0.5, 0.6) is 0 Å². The predicted octanol–water partition coefficient (Wildman–Crippen LogP) is 5.83. The lowest BCUT2D eigenvalue weighted by Gasteiger charge is -2.09. The summed E-state index contributed by atoms with van der Waals surface area (Å²) in [6.45, 7) is 4.72. The summed E-state index contributed by atoms with van der Waals surface area (Å²) < 4.78 is 2.02. The van der Waals surface area contributed by atoms with Crippen molar-refractivity contribution in [2.75, 3.05) is 0 Å². The van der Waals surface area contributed by atoms with Gasteiger partial charge in [0.2, 0.25) is 0 Å². The lowest BCUT2D eigenvalue weighted by molar-refractivity contribution is 0.111. The fourth-order valence-corrected chi connectivity index (χ4v) is 3.85. The van der Waals surface area contributed by atoms with Crippen LogP contribution in [0.15, 0.2) is 61.1 Å².